The Labute approximate surface area is 753 Å². The van der Waals surface area contributed by atoms with Crippen molar-refractivity contribution in [3.8, 4) is 0 Å². The number of hydrogen-bond acceptors (Lipinski definition) is 41. The van der Waals surface area contributed by atoms with Gasteiger partial charge in [-0.1, -0.05) is 12.8 Å². The number of carbonyl (C=O) groups excluding carboxylic acids is 16. The Morgan fingerprint density at radius 2 is 0.615 bits per heavy atom. The molecule has 3 fully saturated rings. The molecule has 0 spiro atoms. The molecule has 4 aliphatic rings. The summed E-state index contributed by atoms with van der Waals surface area (Å²) in [5.41, 5.74) is 5.96. The zero-order valence-corrected chi connectivity index (χ0v) is 75.9. The van der Waals surface area contributed by atoms with E-state index in [9.17, 15) is 76.7 Å². The Balaban J connectivity index is 1.36. The van der Waals surface area contributed by atoms with Crippen LogP contribution in [0, 0.1) is 0 Å². The molecule has 4 rings (SSSR count). The SMILES string of the molecule is CC(=O)N[C@H]1[C@H](OCCOCCOCCNC(=O)CCO[C@@H]2[C@H](OCCC(=O)NCCOCCOCCO[C@@H]3O[C@H](COC(C)=O)[C@H](OC(C)=O)[C@H](OC(C)=O)[C@H]3NC(C)=O)C=C(C(=O)NCCCCCCN)C[C@H]2OCCC(=O)NCCOCCOCCO[C@@H]2O[C@H](COC(C)=O)[C@H](OC(C)=O)[C@H](OC(C)=O)[C@H]2NC(C)=O)O[C@H](COC(C)=O)[C@H](OC(C)=O)[C@@H]1OC(C)=O. The average Bonchev–Trinajstić information content (AvgIpc) is 0.802. The molecule has 0 saturated carbocycles. The number of unbranched alkanes of at least 4 members (excludes halogenated alkanes) is 3. The van der Waals surface area contributed by atoms with Crippen LogP contribution >= 0.6 is 0 Å². The normalized spacial score (nSPS) is 24.0. The van der Waals surface area contributed by atoms with Crippen molar-refractivity contribution in [1.29, 1.82) is 0 Å². The van der Waals surface area contributed by atoms with Crippen LogP contribution in [-0.2, 0) is 190 Å². The Hall–Kier alpha value is -9.38. The summed E-state index contributed by atoms with van der Waals surface area (Å²) in [6, 6.07) is -3.54. The largest absolute Gasteiger partial charge is 0.463 e. The molecule has 740 valence electrons. The number of rotatable bonds is 64. The van der Waals surface area contributed by atoms with Crippen LogP contribution in [0.15, 0.2) is 11.6 Å². The Bertz CT molecular complexity index is 3560. The number of nitrogens with one attached hydrogen (secondary N) is 7. The maximum atomic E-state index is 14.0. The first-order valence-electron chi connectivity index (χ1n) is 42.9. The molecular weight excluding hydrogens is 1740 g/mol. The molecule has 0 aromatic heterocycles. The summed E-state index contributed by atoms with van der Waals surface area (Å²) < 4.78 is 137. The van der Waals surface area contributed by atoms with Crippen molar-refractivity contribution in [2.75, 3.05) is 171 Å². The molecule has 18 atom stereocenters. The number of carbonyl (C=O) groups is 16. The number of nitrogens with two attached hydrogens (primary N) is 1. The third kappa shape index (κ3) is 47.1. The standard InChI is InChI=1S/C82H132N8O40/c1-48(91)88-69-76(125-57(10)100)73(122-54(7)97)63(45-119-51(4)94)128-80(69)116-40-37-110-34-31-107-28-22-84-66(103)17-25-113-61-43-60(79(106)87-21-16-14-13-15-20-83)44-62(114-26-18-67(104)85-23-29-108-32-35-111-38-41-117-81-70(89-49(2)92)77(126-58(11)101)74(123-55(8)98)64(129-81)46-120-52(5)95)72(61)115-27-19-68(105)86-24-30-109-33-36-112-39-42-118-82-71(90-50(3)93)78(127-59(12)102)75(124-56(9)99)65(130-82)47-121-53(6)96/h43,61-65,69-78,80-82H,13-42,44-47,83H2,1-12H3,(H,84,103)(H,85,104)(H,86,105)(H,87,106)(H,88,91)(H,89,92)(H,90,93)/t61-,62-,63-,64-,65-,69-,70-,71-,72-,73+,74+,75+,76-,77-,78-,80-,81-,82-/m1/s1. The van der Waals surface area contributed by atoms with Crippen molar-refractivity contribution in [2.45, 2.75) is 245 Å². The Kier molecular flexibility index (Phi) is 56.0. The first-order valence-corrected chi connectivity index (χ1v) is 42.9. The fourth-order valence-corrected chi connectivity index (χ4v) is 13.4. The molecule has 0 unspecified atom stereocenters. The quantitative estimate of drug-likeness (QED) is 0.0168. The second kappa shape index (κ2) is 64.4. The summed E-state index contributed by atoms with van der Waals surface area (Å²) in [4.78, 5) is 199. The van der Waals surface area contributed by atoms with Crippen molar-refractivity contribution in [1.82, 2.24) is 37.2 Å². The molecule has 0 aromatic carbocycles. The molecule has 1 aliphatic carbocycles. The minimum absolute atomic E-state index is 0.0211. The van der Waals surface area contributed by atoms with Gasteiger partial charge in [-0.2, -0.15) is 0 Å². The molecule has 3 aliphatic heterocycles. The van der Waals surface area contributed by atoms with Crippen LogP contribution in [-0.4, -0.2) is 377 Å². The van der Waals surface area contributed by atoms with E-state index in [0.717, 1.165) is 81.6 Å². The number of ether oxygens (including phenoxy) is 24. The van der Waals surface area contributed by atoms with Crippen LogP contribution in [0.4, 0.5) is 0 Å². The van der Waals surface area contributed by atoms with E-state index < -0.39 is 225 Å². The molecule has 7 amide bonds. The number of esters is 9. The Morgan fingerprint density at radius 1 is 0.315 bits per heavy atom. The molecule has 3 heterocycles. The van der Waals surface area contributed by atoms with E-state index >= 15 is 0 Å². The summed E-state index contributed by atoms with van der Waals surface area (Å²) in [7, 11) is 0. The summed E-state index contributed by atoms with van der Waals surface area (Å²) in [6.07, 6.45) is -14.1. The lowest BCUT2D eigenvalue weighted by Crippen LogP contribution is -2.66. The van der Waals surface area contributed by atoms with Gasteiger partial charge in [-0.25, -0.2) is 0 Å². The van der Waals surface area contributed by atoms with Crippen molar-refractivity contribution in [3.05, 3.63) is 11.6 Å². The minimum Gasteiger partial charge on any atom is -0.463 e. The highest BCUT2D eigenvalue weighted by molar-refractivity contribution is 5.94. The predicted octanol–water partition coefficient (Wildman–Crippen LogP) is -3.26. The van der Waals surface area contributed by atoms with Gasteiger partial charge in [0.15, 0.2) is 55.5 Å². The summed E-state index contributed by atoms with van der Waals surface area (Å²) in [5.74, 6) is -10.0. The van der Waals surface area contributed by atoms with E-state index in [-0.39, 0.29) is 170 Å². The van der Waals surface area contributed by atoms with Crippen molar-refractivity contribution < 1.29 is 190 Å². The zero-order chi connectivity index (χ0) is 95.9. The van der Waals surface area contributed by atoms with Gasteiger partial charge in [0.05, 0.1) is 125 Å². The van der Waals surface area contributed by atoms with Crippen LogP contribution in [0.5, 0.6) is 0 Å². The summed E-state index contributed by atoms with van der Waals surface area (Å²) in [6.45, 7) is 13.2. The molecule has 0 radical (unpaired) electrons. The van der Waals surface area contributed by atoms with Crippen LogP contribution in [0.3, 0.4) is 0 Å². The first kappa shape index (κ1) is 113. The van der Waals surface area contributed by atoms with Crippen LogP contribution in [0.25, 0.3) is 0 Å². The van der Waals surface area contributed by atoms with Gasteiger partial charge in [-0.05, 0) is 25.5 Å². The van der Waals surface area contributed by atoms with Crippen LogP contribution in [0.1, 0.15) is 134 Å². The number of amides is 7. The lowest BCUT2D eigenvalue weighted by molar-refractivity contribution is -0.279. The average molecular weight is 1870 g/mol. The maximum absolute atomic E-state index is 14.0. The van der Waals surface area contributed by atoms with E-state index in [2.05, 4.69) is 37.2 Å². The van der Waals surface area contributed by atoms with Gasteiger partial charge in [0, 0.05) is 141 Å². The van der Waals surface area contributed by atoms with Crippen molar-refractivity contribution in [3.63, 3.8) is 0 Å². The van der Waals surface area contributed by atoms with Gasteiger partial charge in [-0.15, -0.1) is 0 Å². The minimum atomic E-state index is -1.32. The molecule has 48 heteroatoms. The van der Waals surface area contributed by atoms with E-state index in [4.69, 9.17) is 119 Å². The third-order valence-electron chi connectivity index (χ3n) is 18.7. The van der Waals surface area contributed by atoms with Gasteiger partial charge >= 0.3 is 53.7 Å². The van der Waals surface area contributed by atoms with Crippen LogP contribution < -0.4 is 43.0 Å². The lowest BCUT2D eigenvalue weighted by Gasteiger charge is -2.44. The zero-order valence-electron chi connectivity index (χ0n) is 75.9. The van der Waals surface area contributed by atoms with Crippen molar-refractivity contribution in [2.24, 2.45) is 5.73 Å². The van der Waals surface area contributed by atoms with Gasteiger partial charge in [0.2, 0.25) is 41.4 Å². The third-order valence-corrected chi connectivity index (χ3v) is 18.7. The first-order chi connectivity index (χ1) is 62.1. The highest BCUT2D eigenvalue weighted by Gasteiger charge is 2.55. The molecule has 3 saturated heterocycles. The Morgan fingerprint density at radius 3 is 0.931 bits per heavy atom. The van der Waals surface area contributed by atoms with E-state index in [1.54, 1.807) is 6.08 Å². The molecule has 0 aromatic rings. The highest BCUT2D eigenvalue weighted by atomic mass is 16.7. The smallest absolute Gasteiger partial charge is 0.303 e. The fourth-order valence-electron chi connectivity index (χ4n) is 13.4. The lowest BCUT2D eigenvalue weighted by atomic mass is 9.91. The topological polar surface area (TPSA) is 605 Å². The monoisotopic (exact) mass is 1870 g/mol. The molecule has 9 N–H and O–H groups in total. The van der Waals surface area contributed by atoms with Gasteiger partial charge in [-0.3, -0.25) is 76.7 Å². The predicted molar refractivity (Wildman–Crippen MR) is 440 cm³/mol. The summed E-state index contributed by atoms with van der Waals surface area (Å²) >= 11 is 0. The van der Waals surface area contributed by atoms with Gasteiger partial charge in [0.25, 0.3) is 0 Å². The summed E-state index contributed by atoms with van der Waals surface area (Å²) in [5, 5.41) is 19.1. The van der Waals surface area contributed by atoms with E-state index in [1.807, 2.05) is 0 Å². The second-order valence-corrected chi connectivity index (χ2v) is 29.7. The van der Waals surface area contributed by atoms with E-state index in [0.29, 0.717) is 19.5 Å². The number of hydrogen-bond donors (Lipinski definition) is 8. The highest BCUT2D eigenvalue weighted by Crippen LogP contribution is 2.33. The van der Waals surface area contributed by atoms with E-state index in [1.165, 1.54) is 20.8 Å². The molecular formula is C82H132N8O40. The molecule has 130 heavy (non-hydrogen) atoms. The van der Waals surface area contributed by atoms with Crippen molar-refractivity contribution >= 4 is 95.1 Å². The molecule has 0 bridgehead atoms. The van der Waals surface area contributed by atoms with Gasteiger partial charge in [0.1, 0.15) is 68.5 Å². The van der Waals surface area contributed by atoms with Crippen LogP contribution in [0.2, 0.25) is 0 Å². The maximum Gasteiger partial charge on any atom is 0.303 e. The molecule has 48 nitrogen and oxygen atoms in total. The second-order valence-electron chi connectivity index (χ2n) is 29.7. The fraction of sp³-hybridized carbons (Fsp3) is 0.780. The van der Waals surface area contributed by atoms with Gasteiger partial charge < -0.3 is 157 Å².